The SMILES string of the molecule is COCC(C)(O)CNC(=O)C1CC(=O)N(c2ccc(C)c(C)c2)C1. The first-order valence-corrected chi connectivity index (χ1v) is 8.10. The number of carbonyl (C=O) groups excluding carboxylic acids is 2. The number of hydrogen-bond acceptors (Lipinski definition) is 4. The summed E-state index contributed by atoms with van der Waals surface area (Å²) in [7, 11) is 1.49. The first-order valence-electron chi connectivity index (χ1n) is 8.10. The minimum atomic E-state index is -1.12. The topological polar surface area (TPSA) is 78.9 Å². The molecule has 1 fully saturated rings. The van der Waals surface area contributed by atoms with Crippen molar-refractivity contribution in [3.05, 3.63) is 29.3 Å². The lowest BCUT2D eigenvalue weighted by Crippen LogP contribution is -2.45. The second-order valence-electron chi connectivity index (χ2n) is 6.82. The third kappa shape index (κ3) is 4.33. The normalized spacial score (nSPS) is 20.1. The summed E-state index contributed by atoms with van der Waals surface area (Å²) in [5, 5.41) is 12.7. The number of hydrogen-bond donors (Lipinski definition) is 2. The van der Waals surface area contributed by atoms with Crippen LogP contribution >= 0.6 is 0 Å². The van der Waals surface area contributed by atoms with Gasteiger partial charge in [-0.05, 0) is 44.0 Å². The van der Waals surface area contributed by atoms with E-state index in [0.717, 1.165) is 11.3 Å². The first-order chi connectivity index (χ1) is 11.2. The van der Waals surface area contributed by atoms with Crippen LogP contribution in [0, 0.1) is 19.8 Å². The summed E-state index contributed by atoms with van der Waals surface area (Å²) in [6.07, 6.45) is 0.186. The van der Waals surface area contributed by atoms with Crippen molar-refractivity contribution in [2.24, 2.45) is 5.92 Å². The average molecular weight is 334 g/mol. The van der Waals surface area contributed by atoms with Crippen LogP contribution in [-0.4, -0.2) is 49.3 Å². The van der Waals surface area contributed by atoms with Crippen molar-refractivity contribution in [3.8, 4) is 0 Å². The van der Waals surface area contributed by atoms with Gasteiger partial charge in [0, 0.05) is 32.3 Å². The van der Waals surface area contributed by atoms with Crippen molar-refractivity contribution >= 4 is 17.5 Å². The molecule has 2 amide bonds. The van der Waals surface area contributed by atoms with Gasteiger partial charge in [-0.2, -0.15) is 0 Å². The minimum absolute atomic E-state index is 0.0537. The van der Waals surface area contributed by atoms with E-state index in [-0.39, 0.29) is 31.4 Å². The highest BCUT2D eigenvalue weighted by molar-refractivity contribution is 6.00. The predicted octanol–water partition coefficient (Wildman–Crippen LogP) is 1.17. The van der Waals surface area contributed by atoms with Gasteiger partial charge in [-0.3, -0.25) is 9.59 Å². The number of ether oxygens (including phenoxy) is 1. The lowest BCUT2D eigenvalue weighted by Gasteiger charge is -2.23. The molecule has 6 heteroatoms. The van der Waals surface area contributed by atoms with Crippen LogP contribution in [0.4, 0.5) is 5.69 Å². The fourth-order valence-corrected chi connectivity index (χ4v) is 2.81. The zero-order valence-electron chi connectivity index (χ0n) is 14.8. The number of aliphatic hydroxyl groups is 1. The van der Waals surface area contributed by atoms with Crippen LogP contribution in [-0.2, 0) is 14.3 Å². The van der Waals surface area contributed by atoms with E-state index in [1.165, 1.54) is 12.7 Å². The Morgan fingerprint density at radius 3 is 2.75 bits per heavy atom. The quantitative estimate of drug-likeness (QED) is 0.818. The molecule has 0 saturated carbocycles. The van der Waals surface area contributed by atoms with E-state index in [1.807, 2.05) is 32.0 Å². The third-order valence-electron chi connectivity index (χ3n) is 4.40. The zero-order valence-corrected chi connectivity index (χ0v) is 14.8. The maximum absolute atomic E-state index is 12.3. The highest BCUT2D eigenvalue weighted by Crippen LogP contribution is 2.27. The number of benzene rings is 1. The molecule has 1 saturated heterocycles. The standard InChI is InChI=1S/C18H26N2O4/c1-12-5-6-15(7-13(12)2)20-9-14(8-16(20)21)17(22)19-10-18(3,23)11-24-4/h5-7,14,23H,8-11H2,1-4H3,(H,19,22). The van der Waals surface area contributed by atoms with E-state index in [1.54, 1.807) is 11.8 Å². The second kappa shape index (κ2) is 7.32. The van der Waals surface area contributed by atoms with Crippen LogP contribution in [0.15, 0.2) is 18.2 Å². The van der Waals surface area contributed by atoms with Crippen molar-refractivity contribution < 1.29 is 19.4 Å². The van der Waals surface area contributed by atoms with Crippen molar-refractivity contribution in [2.45, 2.75) is 32.8 Å². The van der Waals surface area contributed by atoms with Gasteiger partial charge < -0.3 is 20.1 Å². The summed E-state index contributed by atoms with van der Waals surface area (Å²) >= 11 is 0. The number of aryl methyl sites for hydroxylation is 2. The Labute approximate surface area is 142 Å². The first kappa shape index (κ1) is 18.4. The van der Waals surface area contributed by atoms with Crippen LogP contribution in [0.2, 0.25) is 0 Å². The van der Waals surface area contributed by atoms with Gasteiger partial charge in [0.1, 0.15) is 5.60 Å². The fraction of sp³-hybridized carbons (Fsp3) is 0.556. The Balaban J connectivity index is 1.98. The second-order valence-corrected chi connectivity index (χ2v) is 6.82. The van der Waals surface area contributed by atoms with Crippen molar-refractivity contribution in [2.75, 3.05) is 31.7 Å². The smallest absolute Gasteiger partial charge is 0.227 e. The van der Waals surface area contributed by atoms with Gasteiger partial charge in [0.25, 0.3) is 0 Å². The maximum Gasteiger partial charge on any atom is 0.227 e. The number of nitrogens with one attached hydrogen (secondary N) is 1. The van der Waals surface area contributed by atoms with E-state index in [4.69, 9.17) is 4.74 Å². The molecule has 2 atom stereocenters. The molecule has 1 aliphatic heterocycles. The molecule has 0 aliphatic carbocycles. The van der Waals surface area contributed by atoms with E-state index in [2.05, 4.69) is 5.32 Å². The number of amides is 2. The Hall–Kier alpha value is -1.92. The molecule has 24 heavy (non-hydrogen) atoms. The maximum atomic E-state index is 12.3. The zero-order chi connectivity index (χ0) is 17.9. The Bertz CT molecular complexity index is 627. The Morgan fingerprint density at radius 1 is 1.42 bits per heavy atom. The van der Waals surface area contributed by atoms with Crippen LogP contribution < -0.4 is 10.2 Å². The molecule has 0 aromatic heterocycles. The predicted molar refractivity (Wildman–Crippen MR) is 91.9 cm³/mol. The van der Waals surface area contributed by atoms with Gasteiger partial charge in [-0.1, -0.05) is 6.07 Å². The largest absolute Gasteiger partial charge is 0.386 e. The molecular formula is C18H26N2O4. The van der Waals surface area contributed by atoms with Gasteiger partial charge in [-0.15, -0.1) is 0 Å². The Morgan fingerprint density at radius 2 is 2.12 bits per heavy atom. The average Bonchev–Trinajstić information content (AvgIpc) is 2.90. The highest BCUT2D eigenvalue weighted by atomic mass is 16.5. The molecule has 2 N–H and O–H groups in total. The molecule has 1 heterocycles. The van der Waals surface area contributed by atoms with Gasteiger partial charge in [0.2, 0.25) is 11.8 Å². The lowest BCUT2D eigenvalue weighted by atomic mass is 10.1. The Kier molecular flexibility index (Phi) is 5.62. The molecule has 2 rings (SSSR count). The number of carbonyl (C=O) groups is 2. The van der Waals surface area contributed by atoms with Gasteiger partial charge in [0.15, 0.2) is 0 Å². The summed E-state index contributed by atoms with van der Waals surface area (Å²) in [5.74, 6) is -0.675. The molecule has 1 aliphatic rings. The number of nitrogens with zero attached hydrogens (tertiary/aromatic N) is 1. The molecule has 2 unspecified atom stereocenters. The van der Waals surface area contributed by atoms with Crippen LogP contribution in [0.1, 0.15) is 24.5 Å². The molecule has 0 spiro atoms. The molecule has 132 valence electrons. The van der Waals surface area contributed by atoms with E-state index < -0.39 is 11.5 Å². The van der Waals surface area contributed by atoms with E-state index >= 15 is 0 Å². The molecule has 0 bridgehead atoms. The van der Waals surface area contributed by atoms with E-state index in [0.29, 0.717) is 6.54 Å². The van der Waals surface area contributed by atoms with Crippen LogP contribution in [0.25, 0.3) is 0 Å². The third-order valence-corrected chi connectivity index (χ3v) is 4.40. The van der Waals surface area contributed by atoms with Crippen LogP contribution in [0.5, 0.6) is 0 Å². The number of methoxy groups -OCH3 is 1. The molecule has 0 radical (unpaired) electrons. The summed E-state index contributed by atoms with van der Waals surface area (Å²) in [6.45, 7) is 6.20. The monoisotopic (exact) mass is 334 g/mol. The lowest BCUT2D eigenvalue weighted by molar-refractivity contribution is -0.127. The molecule has 1 aromatic carbocycles. The minimum Gasteiger partial charge on any atom is -0.386 e. The summed E-state index contributed by atoms with van der Waals surface area (Å²) in [5.41, 5.74) is 1.98. The fourth-order valence-electron chi connectivity index (χ4n) is 2.81. The van der Waals surface area contributed by atoms with Gasteiger partial charge >= 0.3 is 0 Å². The molecule has 6 nitrogen and oxygen atoms in total. The number of anilines is 1. The molecule has 1 aromatic rings. The van der Waals surface area contributed by atoms with E-state index in [9.17, 15) is 14.7 Å². The summed E-state index contributed by atoms with van der Waals surface area (Å²) < 4.78 is 4.91. The number of rotatable bonds is 6. The van der Waals surface area contributed by atoms with Gasteiger partial charge in [0.05, 0.1) is 12.5 Å². The highest BCUT2D eigenvalue weighted by Gasteiger charge is 2.35. The molecular weight excluding hydrogens is 308 g/mol. The summed E-state index contributed by atoms with van der Waals surface area (Å²) in [4.78, 5) is 26.2. The van der Waals surface area contributed by atoms with Crippen molar-refractivity contribution in [3.63, 3.8) is 0 Å². The van der Waals surface area contributed by atoms with Crippen molar-refractivity contribution in [1.82, 2.24) is 5.32 Å². The van der Waals surface area contributed by atoms with Crippen molar-refractivity contribution in [1.29, 1.82) is 0 Å². The van der Waals surface area contributed by atoms with Crippen LogP contribution in [0.3, 0.4) is 0 Å². The summed E-state index contributed by atoms with van der Waals surface area (Å²) in [6, 6.07) is 5.86. The van der Waals surface area contributed by atoms with Gasteiger partial charge in [-0.25, -0.2) is 0 Å².